The fraction of sp³-hybridized carbons (Fsp3) is 0.909. The van der Waals surface area contributed by atoms with Gasteiger partial charge in [-0.1, -0.05) is 27.2 Å². The lowest BCUT2D eigenvalue weighted by Crippen LogP contribution is -2.30. The van der Waals surface area contributed by atoms with Gasteiger partial charge in [0.05, 0.1) is 0 Å². The number of hydrogen-bond donors (Lipinski definition) is 1. The van der Waals surface area contributed by atoms with E-state index in [2.05, 4.69) is 13.8 Å². The number of rotatable bonds is 6. The van der Waals surface area contributed by atoms with Crippen LogP contribution in [0, 0.1) is 11.8 Å². The summed E-state index contributed by atoms with van der Waals surface area (Å²) in [7, 11) is 0. The number of carbonyl (C=O) groups excluding carboxylic acids is 1. The van der Waals surface area contributed by atoms with Crippen molar-refractivity contribution in [2.24, 2.45) is 17.6 Å². The van der Waals surface area contributed by atoms with Gasteiger partial charge in [0, 0.05) is 18.4 Å². The Morgan fingerprint density at radius 2 is 1.77 bits per heavy atom. The van der Waals surface area contributed by atoms with Gasteiger partial charge in [0.1, 0.15) is 5.78 Å². The Morgan fingerprint density at radius 3 is 2.15 bits per heavy atom. The lowest BCUT2D eigenvalue weighted by Gasteiger charge is -2.14. The van der Waals surface area contributed by atoms with Gasteiger partial charge in [0.25, 0.3) is 0 Å². The monoisotopic (exact) mass is 185 g/mol. The van der Waals surface area contributed by atoms with E-state index in [0.29, 0.717) is 18.1 Å². The standard InChI is InChI=1S/C11H23NO/c1-8(2)6-5-7-11(13)9(3)10(4)12/h8-10H,5-7,12H2,1-4H3. The van der Waals surface area contributed by atoms with Gasteiger partial charge in [0.15, 0.2) is 0 Å². The molecule has 2 unspecified atom stereocenters. The van der Waals surface area contributed by atoms with Gasteiger partial charge in [-0.25, -0.2) is 0 Å². The van der Waals surface area contributed by atoms with Crippen molar-refractivity contribution in [3.63, 3.8) is 0 Å². The molecule has 0 spiro atoms. The normalized spacial score (nSPS) is 15.8. The van der Waals surface area contributed by atoms with Crippen LogP contribution in [-0.4, -0.2) is 11.8 Å². The molecule has 0 aromatic carbocycles. The summed E-state index contributed by atoms with van der Waals surface area (Å²) in [6.45, 7) is 8.17. The van der Waals surface area contributed by atoms with Crippen molar-refractivity contribution < 1.29 is 4.79 Å². The molecule has 2 nitrogen and oxygen atoms in total. The maximum atomic E-state index is 11.5. The summed E-state index contributed by atoms with van der Waals surface area (Å²) in [5, 5.41) is 0. The predicted molar refractivity (Wildman–Crippen MR) is 56.5 cm³/mol. The molecule has 0 aliphatic heterocycles. The number of Topliss-reactive ketones (excluding diaryl/α,β-unsaturated/α-hetero) is 1. The van der Waals surface area contributed by atoms with E-state index in [4.69, 9.17) is 5.73 Å². The molecule has 2 heteroatoms. The third-order valence-electron chi connectivity index (χ3n) is 2.50. The van der Waals surface area contributed by atoms with Gasteiger partial charge in [-0.3, -0.25) is 4.79 Å². The maximum absolute atomic E-state index is 11.5. The van der Waals surface area contributed by atoms with Crippen LogP contribution in [0.2, 0.25) is 0 Å². The summed E-state index contributed by atoms with van der Waals surface area (Å²) in [4.78, 5) is 11.5. The van der Waals surface area contributed by atoms with E-state index in [1.165, 1.54) is 0 Å². The highest BCUT2D eigenvalue weighted by atomic mass is 16.1. The first-order valence-corrected chi connectivity index (χ1v) is 5.23. The molecule has 0 saturated carbocycles. The second-order valence-electron chi connectivity index (χ2n) is 4.40. The third-order valence-corrected chi connectivity index (χ3v) is 2.50. The van der Waals surface area contributed by atoms with Gasteiger partial charge in [-0.15, -0.1) is 0 Å². The first-order chi connectivity index (χ1) is 5.95. The second-order valence-corrected chi connectivity index (χ2v) is 4.40. The predicted octanol–water partition coefficient (Wildman–Crippen LogP) is 2.37. The summed E-state index contributed by atoms with van der Waals surface area (Å²) >= 11 is 0. The van der Waals surface area contributed by atoms with Crippen LogP contribution in [0.25, 0.3) is 0 Å². The van der Waals surface area contributed by atoms with E-state index in [9.17, 15) is 4.79 Å². The molecular formula is C11H23NO. The van der Waals surface area contributed by atoms with Gasteiger partial charge in [-0.2, -0.15) is 0 Å². The van der Waals surface area contributed by atoms with Crippen LogP contribution in [-0.2, 0) is 4.79 Å². The molecule has 0 aliphatic rings. The Hall–Kier alpha value is -0.370. The zero-order valence-electron chi connectivity index (χ0n) is 9.34. The Morgan fingerprint density at radius 1 is 1.23 bits per heavy atom. The minimum Gasteiger partial charge on any atom is -0.327 e. The van der Waals surface area contributed by atoms with Crippen molar-refractivity contribution in [2.45, 2.75) is 53.0 Å². The zero-order chi connectivity index (χ0) is 10.4. The van der Waals surface area contributed by atoms with Gasteiger partial charge < -0.3 is 5.73 Å². The van der Waals surface area contributed by atoms with Crippen LogP contribution in [0.3, 0.4) is 0 Å². The third kappa shape index (κ3) is 5.81. The largest absolute Gasteiger partial charge is 0.327 e. The first-order valence-electron chi connectivity index (χ1n) is 5.23. The molecule has 0 aliphatic carbocycles. The Kier molecular flexibility index (Phi) is 5.97. The van der Waals surface area contributed by atoms with Crippen LogP contribution < -0.4 is 5.73 Å². The Balaban J connectivity index is 3.62. The summed E-state index contributed by atoms with van der Waals surface area (Å²) in [5.74, 6) is 1.03. The van der Waals surface area contributed by atoms with Gasteiger partial charge in [0.2, 0.25) is 0 Å². The number of hydrogen-bond acceptors (Lipinski definition) is 2. The first kappa shape index (κ1) is 12.6. The van der Waals surface area contributed by atoms with Crippen molar-refractivity contribution in [1.29, 1.82) is 0 Å². The van der Waals surface area contributed by atoms with E-state index in [1.54, 1.807) is 0 Å². The highest BCUT2D eigenvalue weighted by molar-refractivity contribution is 5.81. The van der Waals surface area contributed by atoms with Crippen LogP contribution in [0.1, 0.15) is 47.0 Å². The molecule has 2 N–H and O–H groups in total. The topological polar surface area (TPSA) is 43.1 Å². The van der Waals surface area contributed by atoms with Crippen molar-refractivity contribution in [3.05, 3.63) is 0 Å². The molecule has 0 fully saturated rings. The molecule has 13 heavy (non-hydrogen) atoms. The van der Waals surface area contributed by atoms with E-state index >= 15 is 0 Å². The molecule has 0 rings (SSSR count). The number of carbonyl (C=O) groups is 1. The van der Waals surface area contributed by atoms with Gasteiger partial charge in [-0.05, 0) is 19.3 Å². The smallest absolute Gasteiger partial charge is 0.137 e. The molecule has 0 aromatic heterocycles. The summed E-state index contributed by atoms with van der Waals surface area (Å²) in [6, 6.07) is -0.00782. The lowest BCUT2D eigenvalue weighted by molar-refractivity contribution is -0.122. The average Bonchev–Trinajstić information content (AvgIpc) is 2.02. The van der Waals surface area contributed by atoms with Crippen molar-refractivity contribution in [1.82, 2.24) is 0 Å². The molecule has 2 atom stereocenters. The fourth-order valence-electron chi connectivity index (χ4n) is 1.21. The molecule has 0 radical (unpaired) electrons. The SMILES string of the molecule is CC(C)CCCC(=O)C(C)C(C)N. The summed E-state index contributed by atoms with van der Waals surface area (Å²) in [5.41, 5.74) is 5.65. The van der Waals surface area contributed by atoms with Crippen LogP contribution >= 0.6 is 0 Å². The van der Waals surface area contributed by atoms with Crippen molar-refractivity contribution in [3.8, 4) is 0 Å². The average molecular weight is 185 g/mol. The van der Waals surface area contributed by atoms with Crippen LogP contribution in [0.4, 0.5) is 0 Å². The van der Waals surface area contributed by atoms with E-state index < -0.39 is 0 Å². The molecule has 0 heterocycles. The van der Waals surface area contributed by atoms with E-state index in [1.807, 2.05) is 13.8 Å². The number of ketones is 1. The minimum absolute atomic E-state index is 0.00782. The second kappa shape index (κ2) is 6.14. The summed E-state index contributed by atoms with van der Waals surface area (Å²) in [6.07, 6.45) is 2.84. The lowest BCUT2D eigenvalue weighted by atomic mass is 9.94. The molecule has 0 amide bonds. The summed E-state index contributed by atoms with van der Waals surface area (Å²) < 4.78 is 0. The van der Waals surface area contributed by atoms with E-state index in [0.717, 1.165) is 12.8 Å². The van der Waals surface area contributed by atoms with Crippen LogP contribution in [0.15, 0.2) is 0 Å². The zero-order valence-corrected chi connectivity index (χ0v) is 9.34. The Labute approximate surface area is 81.9 Å². The van der Waals surface area contributed by atoms with Crippen LogP contribution in [0.5, 0.6) is 0 Å². The van der Waals surface area contributed by atoms with Crippen molar-refractivity contribution in [2.75, 3.05) is 0 Å². The fourth-order valence-corrected chi connectivity index (χ4v) is 1.21. The molecule has 0 saturated heterocycles. The quantitative estimate of drug-likeness (QED) is 0.690. The molecular weight excluding hydrogens is 162 g/mol. The highest BCUT2D eigenvalue weighted by Gasteiger charge is 2.16. The minimum atomic E-state index is -0.00782. The van der Waals surface area contributed by atoms with Gasteiger partial charge >= 0.3 is 0 Å². The Bertz CT molecular complexity index is 152. The number of nitrogens with two attached hydrogens (primary N) is 1. The van der Waals surface area contributed by atoms with Crippen molar-refractivity contribution >= 4 is 5.78 Å². The van der Waals surface area contributed by atoms with E-state index in [-0.39, 0.29) is 12.0 Å². The highest BCUT2D eigenvalue weighted by Crippen LogP contribution is 2.11. The molecule has 78 valence electrons. The maximum Gasteiger partial charge on any atom is 0.137 e. The molecule has 0 aromatic rings. The molecule has 0 bridgehead atoms.